The predicted octanol–water partition coefficient (Wildman–Crippen LogP) is 6.56. The molecule has 0 aromatic heterocycles. The van der Waals surface area contributed by atoms with Crippen LogP contribution in [0, 0.1) is 23.4 Å². The van der Waals surface area contributed by atoms with Gasteiger partial charge in [-0.05, 0) is 97.6 Å². The highest BCUT2D eigenvalue weighted by Gasteiger charge is 2.31. The molecule has 1 saturated carbocycles. The van der Waals surface area contributed by atoms with Crippen LogP contribution in [0.1, 0.15) is 64.7 Å². The van der Waals surface area contributed by atoms with Crippen molar-refractivity contribution in [2.75, 3.05) is 19.7 Å². The number of likely N-dealkylation sites (tertiary alicyclic amines) is 1. The van der Waals surface area contributed by atoms with Crippen molar-refractivity contribution in [3.8, 4) is 5.75 Å². The van der Waals surface area contributed by atoms with Crippen molar-refractivity contribution in [1.82, 2.24) is 4.90 Å². The standard InChI is InChI=1S/C29H28F3NO3/c30-22-7-3-20(4-8-22)28(21-5-9-23(31)10-6-21)33-13-11-18(12-14-33)17-36-27-16-26(32)25(29(34)35)15-24(27)19-1-2-19/h3-10,15-16,18-19,28H,1-2,11-14,17H2,(H,34,35). The van der Waals surface area contributed by atoms with Crippen LogP contribution in [0.15, 0.2) is 60.7 Å². The molecule has 0 unspecified atom stereocenters. The Kier molecular flexibility index (Phi) is 7.01. The zero-order chi connectivity index (χ0) is 25.2. The van der Waals surface area contributed by atoms with Crippen molar-refractivity contribution < 1.29 is 27.8 Å². The van der Waals surface area contributed by atoms with Gasteiger partial charge >= 0.3 is 5.97 Å². The van der Waals surface area contributed by atoms with Crippen LogP contribution in [0.25, 0.3) is 0 Å². The predicted molar refractivity (Wildman–Crippen MR) is 130 cm³/mol. The number of carbonyl (C=O) groups is 1. The van der Waals surface area contributed by atoms with Gasteiger partial charge in [-0.2, -0.15) is 0 Å². The summed E-state index contributed by atoms with van der Waals surface area (Å²) in [5.74, 6) is -1.72. The first-order chi connectivity index (χ1) is 17.4. The van der Waals surface area contributed by atoms with E-state index in [2.05, 4.69) is 4.90 Å². The van der Waals surface area contributed by atoms with Crippen LogP contribution in [0.4, 0.5) is 13.2 Å². The smallest absolute Gasteiger partial charge is 0.338 e. The van der Waals surface area contributed by atoms with Gasteiger partial charge in [-0.15, -0.1) is 0 Å². The maximum atomic E-state index is 14.3. The Morgan fingerprint density at radius 1 is 0.889 bits per heavy atom. The van der Waals surface area contributed by atoms with Crippen molar-refractivity contribution in [2.45, 2.75) is 37.6 Å². The fourth-order valence-electron chi connectivity index (χ4n) is 5.06. The number of nitrogens with zero attached hydrogens (tertiary/aromatic N) is 1. The quantitative estimate of drug-likeness (QED) is 0.385. The normalized spacial score (nSPS) is 16.9. The topological polar surface area (TPSA) is 49.8 Å². The lowest BCUT2D eigenvalue weighted by Crippen LogP contribution is -2.38. The molecule has 5 rings (SSSR count). The number of piperidine rings is 1. The third kappa shape index (κ3) is 5.41. The zero-order valence-corrected chi connectivity index (χ0v) is 19.8. The first-order valence-electron chi connectivity index (χ1n) is 12.3. The van der Waals surface area contributed by atoms with Crippen LogP contribution in [0.2, 0.25) is 0 Å². The average molecular weight is 496 g/mol. The van der Waals surface area contributed by atoms with Crippen LogP contribution < -0.4 is 4.74 Å². The highest BCUT2D eigenvalue weighted by molar-refractivity contribution is 5.88. The summed E-state index contributed by atoms with van der Waals surface area (Å²) in [7, 11) is 0. The number of rotatable bonds is 8. The second kappa shape index (κ2) is 10.3. The van der Waals surface area contributed by atoms with Gasteiger partial charge in [0.2, 0.25) is 0 Å². The minimum Gasteiger partial charge on any atom is -0.493 e. The molecule has 2 aliphatic rings. The molecule has 7 heteroatoms. The monoisotopic (exact) mass is 495 g/mol. The largest absolute Gasteiger partial charge is 0.493 e. The number of hydrogen-bond donors (Lipinski definition) is 1. The Balaban J connectivity index is 1.27. The summed E-state index contributed by atoms with van der Waals surface area (Å²) in [6.07, 6.45) is 3.61. The van der Waals surface area contributed by atoms with Crippen LogP contribution in [0.3, 0.4) is 0 Å². The molecular formula is C29H28F3NO3. The SMILES string of the molecule is O=C(O)c1cc(C2CC2)c(OCC2CCN(C(c3ccc(F)cc3)c3ccc(F)cc3)CC2)cc1F. The zero-order valence-electron chi connectivity index (χ0n) is 19.8. The molecule has 1 saturated heterocycles. The fraction of sp³-hybridized carbons (Fsp3) is 0.345. The number of benzene rings is 3. The Labute approximate surface area is 208 Å². The van der Waals surface area contributed by atoms with Crippen molar-refractivity contribution in [2.24, 2.45) is 5.92 Å². The van der Waals surface area contributed by atoms with Crippen molar-refractivity contribution in [1.29, 1.82) is 0 Å². The van der Waals surface area contributed by atoms with E-state index in [1.807, 2.05) is 0 Å². The summed E-state index contributed by atoms with van der Waals surface area (Å²) in [5, 5.41) is 9.26. The third-order valence-corrected chi connectivity index (χ3v) is 7.21. The second-order valence-corrected chi connectivity index (χ2v) is 9.75. The van der Waals surface area contributed by atoms with Crippen LogP contribution >= 0.6 is 0 Å². The number of halogens is 3. The van der Waals surface area contributed by atoms with Gasteiger partial charge in [0, 0.05) is 6.07 Å². The fourth-order valence-corrected chi connectivity index (χ4v) is 5.06. The Morgan fingerprint density at radius 2 is 1.44 bits per heavy atom. The third-order valence-electron chi connectivity index (χ3n) is 7.21. The number of ether oxygens (including phenoxy) is 1. The van der Waals surface area contributed by atoms with E-state index in [1.54, 1.807) is 24.3 Å². The summed E-state index contributed by atoms with van der Waals surface area (Å²) < 4.78 is 47.5. The molecule has 3 aromatic rings. The molecule has 1 aliphatic carbocycles. The molecule has 1 aliphatic heterocycles. The second-order valence-electron chi connectivity index (χ2n) is 9.75. The Hall–Kier alpha value is -3.32. The summed E-state index contributed by atoms with van der Waals surface area (Å²) in [6, 6.07) is 15.4. The lowest BCUT2D eigenvalue weighted by Gasteiger charge is -2.38. The van der Waals surface area contributed by atoms with E-state index in [1.165, 1.54) is 36.4 Å². The highest BCUT2D eigenvalue weighted by Crippen LogP contribution is 2.45. The Bertz CT molecular complexity index is 1170. The molecule has 0 spiro atoms. The number of carboxylic acids is 1. The van der Waals surface area contributed by atoms with Gasteiger partial charge < -0.3 is 9.84 Å². The lowest BCUT2D eigenvalue weighted by atomic mass is 9.91. The average Bonchev–Trinajstić information content (AvgIpc) is 3.71. The molecule has 4 nitrogen and oxygen atoms in total. The molecule has 1 N–H and O–H groups in total. The molecule has 2 fully saturated rings. The molecule has 36 heavy (non-hydrogen) atoms. The van der Waals surface area contributed by atoms with E-state index >= 15 is 0 Å². The van der Waals surface area contributed by atoms with Gasteiger partial charge in [0.1, 0.15) is 23.2 Å². The number of carboxylic acid groups (broad SMARTS) is 1. The van der Waals surface area contributed by atoms with Crippen LogP contribution in [0.5, 0.6) is 5.75 Å². The summed E-state index contributed by atoms with van der Waals surface area (Å²) in [5.41, 5.74) is 2.35. The summed E-state index contributed by atoms with van der Waals surface area (Å²) >= 11 is 0. The molecule has 188 valence electrons. The molecule has 0 amide bonds. The summed E-state index contributed by atoms with van der Waals surface area (Å²) in [6.45, 7) is 1.97. The van der Waals surface area contributed by atoms with Gasteiger partial charge in [-0.1, -0.05) is 24.3 Å². The van der Waals surface area contributed by atoms with E-state index < -0.39 is 11.8 Å². The van der Waals surface area contributed by atoms with Crippen molar-refractivity contribution in [3.05, 3.63) is 100 Å². The summed E-state index contributed by atoms with van der Waals surface area (Å²) in [4.78, 5) is 13.6. The molecule has 0 radical (unpaired) electrons. The number of aromatic carboxylic acids is 1. The minimum atomic E-state index is -1.27. The van der Waals surface area contributed by atoms with Crippen molar-refractivity contribution >= 4 is 5.97 Å². The van der Waals surface area contributed by atoms with Gasteiger partial charge in [-0.3, -0.25) is 4.90 Å². The van der Waals surface area contributed by atoms with E-state index in [-0.39, 0.29) is 35.1 Å². The van der Waals surface area contributed by atoms with Crippen LogP contribution in [-0.2, 0) is 0 Å². The van der Waals surface area contributed by atoms with Gasteiger partial charge in [-0.25, -0.2) is 18.0 Å². The van der Waals surface area contributed by atoms with Gasteiger partial charge in [0.15, 0.2) is 0 Å². The van der Waals surface area contributed by atoms with Crippen molar-refractivity contribution in [3.63, 3.8) is 0 Å². The van der Waals surface area contributed by atoms with Gasteiger partial charge in [0.05, 0.1) is 18.2 Å². The first-order valence-corrected chi connectivity index (χ1v) is 12.3. The minimum absolute atomic E-state index is 0.118. The maximum absolute atomic E-state index is 14.3. The Morgan fingerprint density at radius 3 is 1.94 bits per heavy atom. The van der Waals surface area contributed by atoms with Gasteiger partial charge in [0.25, 0.3) is 0 Å². The van der Waals surface area contributed by atoms with E-state index in [0.29, 0.717) is 12.4 Å². The molecule has 3 aromatic carbocycles. The van der Waals surface area contributed by atoms with E-state index in [9.17, 15) is 23.1 Å². The number of hydrogen-bond acceptors (Lipinski definition) is 3. The molecule has 1 heterocycles. The molecule has 0 atom stereocenters. The maximum Gasteiger partial charge on any atom is 0.338 e. The van der Waals surface area contributed by atoms with E-state index in [0.717, 1.165) is 55.5 Å². The first kappa shape index (κ1) is 24.4. The lowest BCUT2D eigenvalue weighted by molar-refractivity contribution is 0.0691. The highest BCUT2D eigenvalue weighted by atomic mass is 19.1. The molecule has 0 bridgehead atoms. The van der Waals surface area contributed by atoms with Crippen LogP contribution in [-0.4, -0.2) is 35.7 Å². The molecular weight excluding hydrogens is 467 g/mol. The van der Waals surface area contributed by atoms with E-state index in [4.69, 9.17) is 4.74 Å².